The predicted octanol–water partition coefficient (Wildman–Crippen LogP) is 2.96. The van der Waals surface area contributed by atoms with Gasteiger partial charge in [-0.1, -0.05) is 49.4 Å². The first kappa shape index (κ1) is 23.8. The van der Waals surface area contributed by atoms with E-state index in [1.54, 1.807) is 0 Å². The molecule has 1 aliphatic rings. The Kier molecular flexibility index (Phi) is 9.26. The molecular formula is C22H32N2O6. The lowest BCUT2D eigenvalue weighted by Gasteiger charge is -2.31. The summed E-state index contributed by atoms with van der Waals surface area (Å²) in [7, 11) is 0. The second-order valence-corrected chi connectivity index (χ2v) is 8.19. The van der Waals surface area contributed by atoms with Crippen LogP contribution in [-0.4, -0.2) is 57.0 Å². The van der Waals surface area contributed by atoms with Crippen molar-refractivity contribution in [1.82, 2.24) is 10.1 Å². The molecule has 0 radical (unpaired) electrons. The number of carbonyl (C=O) groups is 3. The van der Waals surface area contributed by atoms with Gasteiger partial charge in [-0.2, -0.15) is 0 Å². The highest BCUT2D eigenvalue weighted by atomic mass is 16.8. The first-order valence-electron chi connectivity index (χ1n) is 10.5. The van der Waals surface area contributed by atoms with E-state index in [2.05, 4.69) is 0 Å². The average Bonchev–Trinajstić information content (AvgIpc) is 3.22. The van der Waals surface area contributed by atoms with Gasteiger partial charge in [-0.3, -0.25) is 20.0 Å². The highest BCUT2D eigenvalue weighted by Crippen LogP contribution is 2.23. The van der Waals surface area contributed by atoms with Gasteiger partial charge in [0.05, 0.1) is 0 Å². The molecule has 166 valence electrons. The van der Waals surface area contributed by atoms with E-state index in [1.807, 2.05) is 44.2 Å². The summed E-state index contributed by atoms with van der Waals surface area (Å²) in [4.78, 5) is 39.2. The van der Waals surface area contributed by atoms with Crippen LogP contribution in [0.25, 0.3) is 0 Å². The Morgan fingerprint density at radius 3 is 2.27 bits per heavy atom. The van der Waals surface area contributed by atoms with Gasteiger partial charge in [0.25, 0.3) is 5.91 Å². The Morgan fingerprint density at radius 1 is 1.07 bits per heavy atom. The lowest BCUT2D eigenvalue weighted by Crippen LogP contribution is -2.51. The number of hydrogen-bond donors (Lipinski definition) is 2. The molecular weight excluding hydrogens is 388 g/mol. The number of carbonyl (C=O) groups excluding carboxylic acids is 3. The number of amides is 2. The SMILES string of the molecule is CC(C)CCC(=O)N(CC(=O)N(O)O)[C@@H](Cc1ccccc1)C(=O)OC1CCCC1. The number of ether oxygens (including phenoxy) is 1. The van der Waals surface area contributed by atoms with Crippen molar-refractivity contribution in [1.29, 1.82) is 0 Å². The monoisotopic (exact) mass is 420 g/mol. The Balaban J connectivity index is 2.28. The summed E-state index contributed by atoms with van der Waals surface area (Å²) in [5, 5.41) is 17.6. The number of hydrogen-bond acceptors (Lipinski definition) is 6. The van der Waals surface area contributed by atoms with Crippen molar-refractivity contribution in [3.8, 4) is 0 Å². The van der Waals surface area contributed by atoms with Gasteiger partial charge < -0.3 is 9.64 Å². The molecule has 0 saturated heterocycles. The molecule has 0 aromatic heterocycles. The quantitative estimate of drug-likeness (QED) is 0.342. The van der Waals surface area contributed by atoms with Gasteiger partial charge in [-0.05, 0) is 43.6 Å². The molecule has 0 heterocycles. The molecule has 1 atom stereocenters. The zero-order valence-corrected chi connectivity index (χ0v) is 17.7. The van der Waals surface area contributed by atoms with E-state index < -0.39 is 35.6 Å². The second kappa shape index (κ2) is 11.7. The summed E-state index contributed by atoms with van der Waals surface area (Å²) in [6.45, 7) is 3.32. The Hall–Kier alpha value is -2.45. The van der Waals surface area contributed by atoms with Gasteiger partial charge in [0, 0.05) is 12.8 Å². The maximum atomic E-state index is 13.1. The zero-order valence-electron chi connectivity index (χ0n) is 17.7. The van der Waals surface area contributed by atoms with Crippen LogP contribution >= 0.6 is 0 Å². The van der Waals surface area contributed by atoms with Crippen molar-refractivity contribution >= 4 is 17.8 Å². The molecule has 1 aromatic carbocycles. The first-order chi connectivity index (χ1) is 14.3. The highest BCUT2D eigenvalue weighted by Gasteiger charge is 2.35. The van der Waals surface area contributed by atoms with Gasteiger partial charge >= 0.3 is 5.97 Å². The Morgan fingerprint density at radius 2 is 1.70 bits per heavy atom. The van der Waals surface area contributed by atoms with Crippen LogP contribution in [0.1, 0.15) is 57.9 Å². The third-order valence-electron chi connectivity index (χ3n) is 5.29. The Bertz CT molecular complexity index is 701. The third kappa shape index (κ3) is 7.42. The molecule has 2 N–H and O–H groups in total. The van der Waals surface area contributed by atoms with E-state index in [0.29, 0.717) is 6.42 Å². The number of nitrogens with zero attached hydrogens (tertiary/aromatic N) is 2. The van der Waals surface area contributed by atoms with Crippen molar-refractivity contribution in [2.24, 2.45) is 5.92 Å². The van der Waals surface area contributed by atoms with Crippen LogP contribution in [-0.2, 0) is 25.5 Å². The van der Waals surface area contributed by atoms with Crippen LogP contribution < -0.4 is 0 Å². The van der Waals surface area contributed by atoms with Gasteiger partial charge in [-0.25, -0.2) is 4.79 Å². The van der Waals surface area contributed by atoms with Crippen molar-refractivity contribution in [3.63, 3.8) is 0 Å². The van der Waals surface area contributed by atoms with E-state index in [1.165, 1.54) is 0 Å². The number of rotatable bonds is 10. The molecule has 8 heteroatoms. The molecule has 8 nitrogen and oxygen atoms in total. The molecule has 2 rings (SSSR count). The fourth-order valence-corrected chi connectivity index (χ4v) is 3.54. The minimum Gasteiger partial charge on any atom is -0.461 e. The van der Waals surface area contributed by atoms with Gasteiger partial charge in [0.1, 0.15) is 18.7 Å². The molecule has 0 aliphatic heterocycles. The maximum Gasteiger partial charge on any atom is 0.329 e. The third-order valence-corrected chi connectivity index (χ3v) is 5.29. The van der Waals surface area contributed by atoms with Gasteiger partial charge in [0.2, 0.25) is 5.91 Å². The number of esters is 1. The number of benzene rings is 1. The van der Waals surface area contributed by atoms with E-state index in [9.17, 15) is 14.4 Å². The molecule has 0 unspecified atom stereocenters. The zero-order chi connectivity index (χ0) is 22.1. The van der Waals surface area contributed by atoms with Crippen molar-refractivity contribution in [2.45, 2.75) is 70.9 Å². The van der Waals surface area contributed by atoms with Crippen LogP contribution in [0.15, 0.2) is 30.3 Å². The molecule has 0 bridgehead atoms. The van der Waals surface area contributed by atoms with Crippen molar-refractivity contribution < 1.29 is 29.5 Å². The summed E-state index contributed by atoms with van der Waals surface area (Å²) in [6.07, 6.45) is 4.25. The standard InChI is InChI=1S/C22H32N2O6/c1-16(2)12-13-20(25)23(15-21(26)24(28)29)19(14-17-8-4-3-5-9-17)22(27)30-18-10-6-7-11-18/h3-5,8-9,16,18-19,28-29H,6-7,10-15H2,1-2H3/t19-/m0/s1. The largest absolute Gasteiger partial charge is 0.461 e. The average molecular weight is 421 g/mol. The minimum atomic E-state index is -1.10. The van der Waals surface area contributed by atoms with Crippen LogP contribution in [0.3, 0.4) is 0 Å². The van der Waals surface area contributed by atoms with Crippen LogP contribution in [0.2, 0.25) is 0 Å². The fourth-order valence-electron chi connectivity index (χ4n) is 3.54. The normalized spacial score (nSPS) is 15.1. The van der Waals surface area contributed by atoms with E-state index >= 15 is 0 Å². The van der Waals surface area contributed by atoms with E-state index in [4.69, 9.17) is 15.2 Å². The molecule has 0 spiro atoms. The van der Waals surface area contributed by atoms with Crippen molar-refractivity contribution in [2.75, 3.05) is 6.54 Å². The summed E-state index contributed by atoms with van der Waals surface area (Å²) in [5.74, 6) is -1.81. The van der Waals surface area contributed by atoms with Crippen LogP contribution in [0.5, 0.6) is 0 Å². The lowest BCUT2D eigenvalue weighted by molar-refractivity contribution is -0.285. The molecule has 30 heavy (non-hydrogen) atoms. The smallest absolute Gasteiger partial charge is 0.329 e. The second-order valence-electron chi connectivity index (χ2n) is 8.19. The topological polar surface area (TPSA) is 107 Å². The molecule has 1 aromatic rings. The van der Waals surface area contributed by atoms with Gasteiger partial charge in [-0.15, -0.1) is 0 Å². The predicted molar refractivity (Wildman–Crippen MR) is 108 cm³/mol. The molecule has 1 fully saturated rings. The number of hydroxylamine groups is 2. The summed E-state index contributed by atoms with van der Waals surface area (Å²) < 4.78 is 5.66. The van der Waals surface area contributed by atoms with Crippen molar-refractivity contribution in [3.05, 3.63) is 35.9 Å². The molecule has 1 aliphatic carbocycles. The lowest BCUT2D eigenvalue weighted by atomic mass is 10.0. The fraction of sp³-hybridized carbons (Fsp3) is 0.591. The summed E-state index contributed by atoms with van der Waals surface area (Å²) in [6, 6.07) is 8.14. The highest BCUT2D eigenvalue weighted by molar-refractivity contribution is 5.89. The Labute approximate surface area is 177 Å². The maximum absolute atomic E-state index is 13.1. The minimum absolute atomic E-state index is 0.143. The summed E-state index contributed by atoms with van der Waals surface area (Å²) >= 11 is 0. The van der Waals surface area contributed by atoms with Crippen LogP contribution in [0.4, 0.5) is 0 Å². The molecule has 2 amide bonds. The van der Waals surface area contributed by atoms with Gasteiger partial charge in [0.15, 0.2) is 0 Å². The van der Waals surface area contributed by atoms with E-state index in [-0.39, 0.29) is 24.9 Å². The first-order valence-corrected chi connectivity index (χ1v) is 10.5. The molecule has 1 saturated carbocycles. The van der Waals surface area contributed by atoms with Crippen LogP contribution in [0, 0.1) is 5.92 Å². The summed E-state index contributed by atoms with van der Waals surface area (Å²) in [5.41, 5.74) is 0.810. The van der Waals surface area contributed by atoms with E-state index in [0.717, 1.165) is 36.1 Å².